The summed E-state index contributed by atoms with van der Waals surface area (Å²) in [5.74, 6) is 0.496. The van der Waals surface area contributed by atoms with E-state index in [1.165, 1.54) is 4.72 Å². The Kier molecular flexibility index (Phi) is 12.3. The summed E-state index contributed by atoms with van der Waals surface area (Å²) in [6.45, 7) is 1.88. The fraction of sp³-hybridized carbons (Fsp3) is 0.621. The highest BCUT2D eigenvalue weighted by Gasteiger charge is 2.33. The summed E-state index contributed by atoms with van der Waals surface area (Å²) in [5, 5.41) is 20.4. The van der Waals surface area contributed by atoms with Crippen LogP contribution in [0.25, 0.3) is 11.3 Å². The summed E-state index contributed by atoms with van der Waals surface area (Å²) in [6.07, 6.45) is 1.77. The number of ether oxygens (including phenoxy) is 2. The number of aromatic nitrogens is 2. The van der Waals surface area contributed by atoms with Crippen LogP contribution in [-0.4, -0.2) is 81.5 Å². The van der Waals surface area contributed by atoms with Gasteiger partial charge in [-0.3, -0.25) is 0 Å². The van der Waals surface area contributed by atoms with Gasteiger partial charge in [0.15, 0.2) is 5.94 Å². The van der Waals surface area contributed by atoms with Gasteiger partial charge in [0, 0.05) is 49.6 Å². The molecule has 11 nitrogen and oxygen atoms in total. The van der Waals surface area contributed by atoms with Crippen molar-refractivity contribution >= 4 is 33.3 Å². The van der Waals surface area contributed by atoms with Crippen LogP contribution in [0.4, 0.5) is 24.8 Å². The van der Waals surface area contributed by atoms with Crippen molar-refractivity contribution in [2.24, 2.45) is 5.41 Å². The first-order chi connectivity index (χ1) is 21.4. The zero-order valence-electron chi connectivity index (χ0n) is 25.0. The molecule has 4 rings (SSSR count). The van der Waals surface area contributed by atoms with Crippen LogP contribution in [0, 0.1) is 16.7 Å². The molecule has 4 N–H and O–H groups in total. The lowest BCUT2D eigenvalue weighted by Crippen LogP contribution is -2.43. The third-order valence-corrected chi connectivity index (χ3v) is 9.24. The Balaban J connectivity index is 1.24. The number of alkyl halides is 3. The van der Waals surface area contributed by atoms with Crippen molar-refractivity contribution in [3.63, 3.8) is 0 Å². The minimum atomic E-state index is -4.63. The number of rotatable bonds is 14. The van der Waals surface area contributed by atoms with E-state index in [2.05, 4.69) is 27.0 Å². The molecular weight excluding hydrogens is 635 g/mol. The summed E-state index contributed by atoms with van der Waals surface area (Å²) in [5.41, 5.74) is 0.935. The number of hydrogen-bond donors (Lipinski definition) is 4. The van der Waals surface area contributed by atoms with Crippen molar-refractivity contribution in [3.05, 3.63) is 35.5 Å². The molecule has 3 heterocycles. The van der Waals surface area contributed by atoms with Crippen LogP contribution < -0.4 is 20.7 Å². The van der Waals surface area contributed by atoms with Crippen LogP contribution in [0.1, 0.15) is 45.4 Å². The molecule has 2 aliphatic rings. The minimum absolute atomic E-state index is 0.0431. The second-order valence-corrected chi connectivity index (χ2v) is 13.8. The van der Waals surface area contributed by atoms with E-state index in [0.29, 0.717) is 55.0 Å². The molecule has 0 bridgehead atoms. The molecule has 2 fully saturated rings. The van der Waals surface area contributed by atoms with Crippen LogP contribution in [-0.2, 0) is 19.5 Å². The van der Waals surface area contributed by atoms with Gasteiger partial charge in [-0.25, -0.2) is 23.1 Å². The fourth-order valence-corrected chi connectivity index (χ4v) is 6.36. The van der Waals surface area contributed by atoms with Gasteiger partial charge in [-0.2, -0.15) is 18.4 Å². The molecule has 0 radical (unpaired) electrons. The van der Waals surface area contributed by atoms with Crippen LogP contribution in [0.2, 0.25) is 5.02 Å². The third kappa shape index (κ3) is 11.2. The maximum atomic E-state index is 12.3. The van der Waals surface area contributed by atoms with E-state index in [-0.39, 0.29) is 24.7 Å². The van der Waals surface area contributed by atoms with Gasteiger partial charge in [-0.15, -0.1) is 0 Å². The van der Waals surface area contributed by atoms with E-state index in [4.69, 9.17) is 26.1 Å². The Bertz CT molecular complexity index is 1410. The minimum Gasteiger partial charge on any atom is -0.381 e. The standard InChI is InChI=1S/C29H39ClF3N7O4S/c1-20(15-44-19-45(41,42)37-18-29(31,32)33)38-21-5-7-22(8-6-21)39-27-13-23(24(30)14-35-27)25-3-2-4-26(40-25)36-17-28(16-34)9-11-43-12-10-28/h2-4,13-14,20-22,37-38H,5-12,15,17-19H2,1H3,(H,35,39)(H,36,40). The summed E-state index contributed by atoms with van der Waals surface area (Å²) >= 11 is 6.52. The lowest BCUT2D eigenvalue weighted by atomic mass is 9.82. The first-order valence-corrected chi connectivity index (χ1v) is 16.9. The van der Waals surface area contributed by atoms with Gasteiger partial charge in [0.2, 0.25) is 10.0 Å². The lowest BCUT2D eigenvalue weighted by Gasteiger charge is -2.32. The lowest BCUT2D eigenvalue weighted by molar-refractivity contribution is -0.121. The molecule has 1 saturated carbocycles. The molecule has 1 saturated heterocycles. The summed E-state index contributed by atoms with van der Waals surface area (Å²) in [6, 6.07) is 10.2. The van der Waals surface area contributed by atoms with Gasteiger partial charge in [-0.1, -0.05) is 17.7 Å². The second kappa shape index (κ2) is 15.7. The third-order valence-electron chi connectivity index (χ3n) is 7.87. The van der Waals surface area contributed by atoms with E-state index in [1.54, 1.807) is 6.20 Å². The first-order valence-electron chi connectivity index (χ1n) is 14.9. The molecular formula is C29H39ClF3N7O4S. The number of hydrogen-bond acceptors (Lipinski definition) is 10. The van der Waals surface area contributed by atoms with Crippen LogP contribution in [0.15, 0.2) is 30.5 Å². The highest BCUT2D eigenvalue weighted by molar-refractivity contribution is 7.89. The average Bonchev–Trinajstić information content (AvgIpc) is 3.01. The molecule has 0 spiro atoms. The predicted molar refractivity (Wildman–Crippen MR) is 165 cm³/mol. The summed E-state index contributed by atoms with van der Waals surface area (Å²) in [7, 11) is -4.18. The van der Waals surface area contributed by atoms with Gasteiger partial charge >= 0.3 is 6.18 Å². The topological polar surface area (TPSA) is 150 Å². The fourth-order valence-electron chi connectivity index (χ4n) is 5.38. The molecule has 1 aliphatic heterocycles. The van der Waals surface area contributed by atoms with E-state index in [0.717, 1.165) is 31.2 Å². The van der Waals surface area contributed by atoms with Gasteiger partial charge in [0.05, 0.1) is 28.8 Å². The molecule has 1 aliphatic carbocycles. The molecule has 2 aromatic heterocycles. The van der Waals surface area contributed by atoms with Crippen LogP contribution in [0.3, 0.4) is 0 Å². The monoisotopic (exact) mass is 673 g/mol. The van der Waals surface area contributed by atoms with Crippen molar-refractivity contribution < 1.29 is 31.1 Å². The van der Waals surface area contributed by atoms with Crippen molar-refractivity contribution in [2.45, 2.75) is 69.8 Å². The highest BCUT2D eigenvalue weighted by atomic mass is 35.5. The largest absolute Gasteiger partial charge is 0.402 e. The van der Waals surface area contributed by atoms with Gasteiger partial charge < -0.3 is 25.4 Å². The quantitative estimate of drug-likeness (QED) is 0.223. The summed E-state index contributed by atoms with van der Waals surface area (Å²) < 4.78 is 72.1. The number of sulfonamides is 1. The van der Waals surface area contributed by atoms with Crippen LogP contribution in [0.5, 0.6) is 0 Å². The van der Waals surface area contributed by atoms with Crippen molar-refractivity contribution in [1.29, 1.82) is 5.26 Å². The Morgan fingerprint density at radius 3 is 2.58 bits per heavy atom. The number of anilines is 2. The molecule has 0 amide bonds. The smallest absolute Gasteiger partial charge is 0.381 e. The molecule has 1 unspecified atom stereocenters. The normalized spacial score (nSPS) is 21.1. The summed E-state index contributed by atoms with van der Waals surface area (Å²) in [4.78, 5) is 9.20. The maximum Gasteiger partial charge on any atom is 0.402 e. The molecule has 45 heavy (non-hydrogen) atoms. The van der Waals surface area contributed by atoms with Gasteiger partial charge in [-0.05, 0) is 63.6 Å². The number of nitrogens with zero attached hydrogens (tertiary/aromatic N) is 3. The molecule has 0 aromatic carbocycles. The average molecular weight is 674 g/mol. The second-order valence-electron chi connectivity index (χ2n) is 11.6. The molecule has 1 atom stereocenters. The Labute approximate surface area is 266 Å². The Morgan fingerprint density at radius 1 is 1.18 bits per heavy atom. The van der Waals surface area contributed by atoms with Gasteiger partial charge in [0.25, 0.3) is 0 Å². The van der Waals surface area contributed by atoms with Crippen molar-refractivity contribution in [2.75, 3.05) is 49.5 Å². The molecule has 2 aromatic rings. The SMILES string of the molecule is CC(COCS(=O)(=O)NCC(F)(F)F)NC1CCC(Nc2cc(-c3cccc(NCC4(C#N)CCOCC4)n3)c(Cl)cn2)CC1. The van der Waals surface area contributed by atoms with Crippen molar-refractivity contribution in [3.8, 4) is 17.3 Å². The van der Waals surface area contributed by atoms with Crippen molar-refractivity contribution in [1.82, 2.24) is 20.0 Å². The molecule has 16 heteroatoms. The Morgan fingerprint density at radius 2 is 1.89 bits per heavy atom. The van der Waals surface area contributed by atoms with Crippen LogP contribution >= 0.6 is 11.6 Å². The Hall–Kier alpha value is -2.74. The number of halogens is 4. The molecule has 248 valence electrons. The van der Waals surface area contributed by atoms with E-state index in [1.807, 2.05) is 31.2 Å². The highest BCUT2D eigenvalue weighted by Crippen LogP contribution is 2.32. The number of nitrogens with one attached hydrogen (secondary N) is 4. The number of pyridine rings is 2. The predicted octanol–water partition coefficient (Wildman–Crippen LogP) is 4.69. The first kappa shape index (κ1) is 35.1. The maximum absolute atomic E-state index is 12.3. The van der Waals surface area contributed by atoms with Gasteiger partial charge in [0.1, 0.15) is 18.2 Å². The van der Waals surface area contributed by atoms with E-state index < -0.39 is 34.1 Å². The zero-order valence-corrected chi connectivity index (χ0v) is 26.6. The number of nitriles is 1. The van der Waals surface area contributed by atoms with E-state index >= 15 is 0 Å². The van der Waals surface area contributed by atoms with E-state index in [9.17, 15) is 26.9 Å². The zero-order chi connectivity index (χ0) is 32.5.